The molecule has 0 bridgehead atoms. The Morgan fingerprint density at radius 2 is 1.81 bits per heavy atom. The molecule has 6 nitrogen and oxygen atoms in total. The third-order valence-electron chi connectivity index (χ3n) is 5.14. The molecule has 0 radical (unpaired) electrons. The molecule has 2 fully saturated rings. The molecule has 1 aromatic rings. The highest BCUT2D eigenvalue weighted by molar-refractivity contribution is 5.81. The Morgan fingerprint density at radius 3 is 2.42 bits per heavy atom. The maximum absolute atomic E-state index is 12.7. The minimum absolute atomic E-state index is 0.374. The zero-order valence-corrected chi connectivity index (χ0v) is 15.4. The number of rotatable bonds is 6. The van der Waals surface area contributed by atoms with Gasteiger partial charge in [-0.05, 0) is 44.6 Å². The van der Waals surface area contributed by atoms with Crippen molar-refractivity contribution in [2.75, 3.05) is 13.1 Å². The number of benzene rings is 1. The summed E-state index contributed by atoms with van der Waals surface area (Å²) < 4.78 is 5.51. The predicted octanol–water partition coefficient (Wildman–Crippen LogP) is 3.21. The molecule has 0 aromatic heterocycles. The van der Waals surface area contributed by atoms with Gasteiger partial charge in [0, 0.05) is 19.5 Å². The van der Waals surface area contributed by atoms with Crippen LogP contribution >= 0.6 is 0 Å². The molecule has 142 valence electrons. The van der Waals surface area contributed by atoms with Crippen molar-refractivity contribution >= 4 is 12.1 Å². The summed E-state index contributed by atoms with van der Waals surface area (Å²) in [6.07, 6.45) is 5.81. The third-order valence-corrected chi connectivity index (χ3v) is 5.14. The van der Waals surface area contributed by atoms with Crippen molar-refractivity contribution in [1.82, 2.24) is 10.4 Å². The highest BCUT2D eigenvalue weighted by Crippen LogP contribution is 2.34. The zero-order valence-electron chi connectivity index (χ0n) is 15.4. The van der Waals surface area contributed by atoms with Crippen molar-refractivity contribution in [3.63, 3.8) is 0 Å². The molecule has 1 aliphatic carbocycles. The van der Waals surface area contributed by atoms with Crippen LogP contribution in [0.2, 0.25) is 0 Å². The van der Waals surface area contributed by atoms with Gasteiger partial charge in [-0.3, -0.25) is 0 Å². The Bertz CT molecular complexity index is 609. The topological polar surface area (TPSA) is 67.9 Å². The lowest BCUT2D eigenvalue weighted by Crippen LogP contribution is -2.49. The molecule has 0 spiro atoms. The minimum Gasteiger partial charge on any atom is -0.443 e. The summed E-state index contributed by atoms with van der Waals surface area (Å²) in [6.45, 7) is 3.41. The molecule has 1 atom stereocenters. The van der Waals surface area contributed by atoms with Gasteiger partial charge in [-0.1, -0.05) is 36.8 Å². The number of nitrogens with zero attached hydrogens (tertiary/aromatic N) is 1. The summed E-state index contributed by atoms with van der Waals surface area (Å²) in [7, 11) is 0. The Balaban J connectivity index is 1.62. The van der Waals surface area contributed by atoms with E-state index in [1.54, 1.807) is 5.06 Å². The van der Waals surface area contributed by atoms with Gasteiger partial charge in [-0.15, -0.1) is 5.06 Å². The van der Waals surface area contributed by atoms with Crippen molar-refractivity contribution in [3.8, 4) is 0 Å². The van der Waals surface area contributed by atoms with Crippen LogP contribution in [0.3, 0.4) is 0 Å². The van der Waals surface area contributed by atoms with Crippen LogP contribution in [0, 0.1) is 0 Å². The number of piperidine rings is 1. The molecule has 1 aromatic carbocycles. The first-order valence-corrected chi connectivity index (χ1v) is 9.54. The zero-order chi connectivity index (χ0) is 18.4. The first-order chi connectivity index (χ1) is 12.5. The van der Waals surface area contributed by atoms with E-state index in [0.717, 1.165) is 57.2 Å². The quantitative estimate of drug-likeness (QED) is 0.844. The van der Waals surface area contributed by atoms with Gasteiger partial charge in [-0.2, -0.15) is 0 Å². The number of carbonyl (C=O) groups is 2. The smallest absolute Gasteiger partial charge is 0.408 e. The maximum Gasteiger partial charge on any atom is 0.408 e. The summed E-state index contributed by atoms with van der Waals surface area (Å²) in [5.41, 5.74) is 0.557. The number of amides is 1. The van der Waals surface area contributed by atoms with Gasteiger partial charge < -0.3 is 14.9 Å². The molecule has 6 heteroatoms. The Labute approximate surface area is 154 Å². The van der Waals surface area contributed by atoms with E-state index in [9.17, 15) is 9.59 Å². The molecule has 1 aliphatic heterocycles. The van der Waals surface area contributed by atoms with Crippen LogP contribution in [0.4, 0.5) is 4.79 Å². The van der Waals surface area contributed by atoms with Gasteiger partial charge in [0.25, 0.3) is 0 Å². The second-order valence-corrected chi connectivity index (χ2v) is 7.48. The fourth-order valence-corrected chi connectivity index (χ4v) is 3.36. The highest BCUT2D eigenvalue weighted by Gasteiger charge is 2.37. The number of ether oxygens (including phenoxy) is 1. The van der Waals surface area contributed by atoms with Gasteiger partial charge >= 0.3 is 12.1 Å². The van der Waals surface area contributed by atoms with Gasteiger partial charge in [0.15, 0.2) is 0 Å². The van der Waals surface area contributed by atoms with E-state index in [-0.39, 0.29) is 0 Å². The van der Waals surface area contributed by atoms with Crippen LogP contribution < -0.4 is 5.32 Å². The van der Waals surface area contributed by atoms with E-state index >= 15 is 0 Å². The van der Waals surface area contributed by atoms with Gasteiger partial charge in [0.05, 0.1) is 0 Å². The van der Waals surface area contributed by atoms with Gasteiger partial charge in [0.1, 0.15) is 11.6 Å². The van der Waals surface area contributed by atoms with Crippen molar-refractivity contribution in [1.29, 1.82) is 0 Å². The Kier molecular flexibility index (Phi) is 6.14. The van der Waals surface area contributed by atoms with E-state index in [0.29, 0.717) is 6.42 Å². The molecule has 1 amide bonds. The van der Waals surface area contributed by atoms with Crippen molar-refractivity contribution < 1.29 is 19.2 Å². The van der Waals surface area contributed by atoms with Crippen LogP contribution in [-0.4, -0.2) is 41.9 Å². The molecular weight excluding hydrogens is 332 g/mol. The number of hydroxylamine groups is 2. The van der Waals surface area contributed by atoms with Gasteiger partial charge in [-0.25, -0.2) is 9.59 Å². The average molecular weight is 360 g/mol. The Hall–Kier alpha value is -2.08. The van der Waals surface area contributed by atoms with Gasteiger partial charge in [0.2, 0.25) is 0 Å². The van der Waals surface area contributed by atoms with Crippen LogP contribution in [0.5, 0.6) is 0 Å². The van der Waals surface area contributed by atoms with E-state index in [1.165, 1.54) is 0 Å². The summed E-state index contributed by atoms with van der Waals surface area (Å²) in [4.78, 5) is 30.5. The number of hydrogen-bond donors (Lipinski definition) is 1. The molecule has 1 N–H and O–H groups in total. The average Bonchev–Trinajstić information content (AvgIpc) is 2.61. The normalized spacial score (nSPS) is 20.5. The fourth-order valence-electron chi connectivity index (χ4n) is 3.36. The fraction of sp³-hybridized carbons (Fsp3) is 0.600. The maximum atomic E-state index is 12.7. The molecule has 3 rings (SSSR count). The lowest BCUT2D eigenvalue weighted by Gasteiger charge is -2.37. The molecule has 1 saturated carbocycles. The Morgan fingerprint density at radius 1 is 1.12 bits per heavy atom. The third kappa shape index (κ3) is 5.21. The van der Waals surface area contributed by atoms with Crippen molar-refractivity contribution in [3.05, 3.63) is 35.9 Å². The summed E-state index contributed by atoms with van der Waals surface area (Å²) in [5.74, 6) is -0.438. The predicted molar refractivity (Wildman–Crippen MR) is 97.3 cm³/mol. The molecule has 1 saturated heterocycles. The number of nitrogens with one attached hydrogen (secondary N) is 1. The molecular formula is C20H28N2O4. The molecule has 0 unspecified atom stereocenters. The van der Waals surface area contributed by atoms with Crippen LogP contribution in [0.1, 0.15) is 51.0 Å². The molecule has 26 heavy (non-hydrogen) atoms. The highest BCUT2D eigenvalue weighted by atomic mass is 16.7. The SMILES string of the molecule is CC1(OC(=O)N[C@@H](Cc2ccccc2)C(=O)ON2CCCCC2)CCC1. The standard InChI is InChI=1S/C20H28N2O4/c1-20(11-8-12-20)25-19(24)21-17(15-16-9-4-2-5-10-16)18(23)26-22-13-6-3-7-14-22/h2,4-5,9-10,17H,3,6-8,11-15H2,1H3,(H,21,24)/t17-/m0/s1. The minimum atomic E-state index is -0.768. The lowest BCUT2D eigenvalue weighted by atomic mass is 9.82. The van der Waals surface area contributed by atoms with E-state index in [1.807, 2.05) is 37.3 Å². The number of carbonyl (C=O) groups excluding carboxylic acids is 2. The molecule has 2 aliphatic rings. The second-order valence-electron chi connectivity index (χ2n) is 7.48. The molecule has 1 heterocycles. The van der Waals surface area contributed by atoms with Crippen molar-refractivity contribution in [2.45, 2.75) is 63.5 Å². The van der Waals surface area contributed by atoms with E-state index in [4.69, 9.17) is 9.57 Å². The first kappa shape index (κ1) is 18.7. The lowest BCUT2D eigenvalue weighted by molar-refractivity contribution is -0.196. The largest absolute Gasteiger partial charge is 0.443 e. The second kappa shape index (κ2) is 8.54. The van der Waals surface area contributed by atoms with Crippen LogP contribution in [-0.2, 0) is 20.8 Å². The van der Waals surface area contributed by atoms with E-state index < -0.39 is 23.7 Å². The summed E-state index contributed by atoms with van der Waals surface area (Å²) in [5, 5.41) is 4.42. The monoisotopic (exact) mass is 360 g/mol. The van der Waals surface area contributed by atoms with Crippen LogP contribution in [0.25, 0.3) is 0 Å². The summed E-state index contributed by atoms with van der Waals surface area (Å²) in [6, 6.07) is 8.84. The van der Waals surface area contributed by atoms with Crippen LogP contribution in [0.15, 0.2) is 30.3 Å². The van der Waals surface area contributed by atoms with E-state index in [2.05, 4.69) is 5.32 Å². The number of hydrogen-bond acceptors (Lipinski definition) is 5. The summed E-state index contributed by atoms with van der Waals surface area (Å²) >= 11 is 0. The first-order valence-electron chi connectivity index (χ1n) is 9.54. The number of alkyl carbamates (subject to hydrolysis) is 1. The van der Waals surface area contributed by atoms with Crippen molar-refractivity contribution in [2.24, 2.45) is 0 Å².